The van der Waals surface area contributed by atoms with Gasteiger partial charge in [0.05, 0.1) is 23.3 Å². The maximum Gasteiger partial charge on any atom is 0.254 e. The number of morpholine rings is 1. The van der Waals surface area contributed by atoms with Crippen LogP contribution in [0.3, 0.4) is 0 Å². The van der Waals surface area contributed by atoms with E-state index in [1.165, 1.54) is 11.8 Å². The Morgan fingerprint density at radius 2 is 1.77 bits per heavy atom. The summed E-state index contributed by atoms with van der Waals surface area (Å²) in [6.45, 7) is 6.08. The molecule has 0 saturated carbocycles. The molecule has 1 heterocycles. The van der Waals surface area contributed by atoms with E-state index in [1.54, 1.807) is 11.0 Å². The number of nitrogens with zero attached hydrogens (tertiary/aromatic N) is 1. The molecule has 3 rings (SSSR count). The molecule has 26 heavy (non-hydrogen) atoms. The van der Waals surface area contributed by atoms with Crippen molar-refractivity contribution < 1.29 is 9.53 Å². The minimum atomic E-state index is -0.154. The Morgan fingerprint density at radius 1 is 1.08 bits per heavy atom. The third kappa shape index (κ3) is 4.01. The molecule has 1 amide bonds. The second-order valence-corrected chi connectivity index (χ2v) is 7.60. The predicted octanol–water partition coefficient (Wildman–Crippen LogP) is 4.60. The molecule has 0 bridgehead atoms. The molecular weight excluding hydrogens is 391 g/mol. The van der Waals surface area contributed by atoms with Gasteiger partial charge in [-0.1, -0.05) is 59.7 Å². The summed E-state index contributed by atoms with van der Waals surface area (Å²) in [7, 11) is 0. The lowest BCUT2D eigenvalue weighted by molar-refractivity contribution is -0.128. The fraction of sp³-hybridized carbons (Fsp3) is 0.211. The van der Waals surface area contributed by atoms with E-state index in [2.05, 4.69) is 6.58 Å². The monoisotopic (exact) mass is 408 g/mol. The predicted molar refractivity (Wildman–Crippen MR) is 108 cm³/mol. The van der Waals surface area contributed by atoms with Gasteiger partial charge in [0, 0.05) is 39.7 Å². The molecule has 0 spiro atoms. The number of carbonyl (C=O) groups is 1. The topological polar surface area (TPSA) is 55.6 Å². The Morgan fingerprint density at radius 3 is 2.46 bits per heavy atom. The van der Waals surface area contributed by atoms with Gasteiger partial charge in [-0.3, -0.25) is 4.79 Å². The van der Waals surface area contributed by atoms with Crippen molar-refractivity contribution in [1.29, 1.82) is 0 Å². The molecule has 2 N–H and O–H groups in total. The molecule has 0 atom stereocenters. The van der Waals surface area contributed by atoms with Gasteiger partial charge in [0.15, 0.2) is 0 Å². The number of anilines is 1. The van der Waals surface area contributed by atoms with E-state index in [9.17, 15) is 4.79 Å². The van der Waals surface area contributed by atoms with Gasteiger partial charge in [0.2, 0.25) is 0 Å². The molecule has 1 aliphatic heterocycles. The Bertz CT molecular complexity index is 851. The van der Waals surface area contributed by atoms with E-state index < -0.39 is 0 Å². The maximum atomic E-state index is 12.6. The van der Waals surface area contributed by atoms with Crippen molar-refractivity contribution in [3.63, 3.8) is 0 Å². The van der Waals surface area contributed by atoms with Crippen molar-refractivity contribution in [2.75, 3.05) is 32.0 Å². The van der Waals surface area contributed by atoms with Crippen LogP contribution in [0.1, 0.15) is 5.56 Å². The molecule has 2 aromatic rings. The van der Waals surface area contributed by atoms with Crippen LogP contribution in [0.4, 0.5) is 5.69 Å². The van der Waals surface area contributed by atoms with E-state index in [-0.39, 0.29) is 5.91 Å². The zero-order valence-corrected chi connectivity index (χ0v) is 16.3. The summed E-state index contributed by atoms with van der Waals surface area (Å²) in [6.07, 6.45) is 0. The average molecular weight is 409 g/mol. The number of hydrogen-bond acceptors (Lipinski definition) is 4. The third-order valence-corrected chi connectivity index (χ3v) is 6.21. The lowest BCUT2D eigenvalue weighted by atomic mass is 10.1. The molecule has 7 heteroatoms. The number of ether oxygens (including phenoxy) is 1. The summed E-state index contributed by atoms with van der Waals surface area (Å²) >= 11 is 14.3. The highest BCUT2D eigenvalue weighted by Crippen LogP contribution is 2.42. The van der Waals surface area contributed by atoms with Crippen molar-refractivity contribution in [1.82, 2.24) is 4.90 Å². The number of hydrogen-bond donors (Lipinski definition) is 1. The van der Waals surface area contributed by atoms with Crippen LogP contribution in [0.2, 0.25) is 10.0 Å². The van der Waals surface area contributed by atoms with Crippen LogP contribution in [0.25, 0.3) is 5.57 Å². The van der Waals surface area contributed by atoms with Crippen molar-refractivity contribution in [3.05, 3.63) is 58.6 Å². The van der Waals surface area contributed by atoms with Gasteiger partial charge >= 0.3 is 0 Å². The van der Waals surface area contributed by atoms with Gasteiger partial charge < -0.3 is 15.4 Å². The molecular formula is C19H18Cl2N2O2S. The molecule has 1 fully saturated rings. The van der Waals surface area contributed by atoms with Gasteiger partial charge in [0.1, 0.15) is 0 Å². The van der Waals surface area contributed by atoms with Crippen LogP contribution in [-0.4, -0.2) is 37.1 Å². The second-order valence-electron chi connectivity index (χ2n) is 5.76. The first-order chi connectivity index (χ1) is 12.5. The number of nitrogen functional groups attached to an aromatic ring is 1. The van der Waals surface area contributed by atoms with E-state index in [0.29, 0.717) is 53.2 Å². The van der Waals surface area contributed by atoms with Crippen molar-refractivity contribution in [3.8, 4) is 0 Å². The highest BCUT2D eigenvalue weighted by molar-refractivity contribution is 7.99. The van der Waals surface area contributed by atoms with Crippen LogP contribution in [0.5, 0.6) is 0 Å². The SMILES string of the molecule is C=C(C(=O)N1CCOCC1)c1ccc(Sc2ccccc2N)c(Cl)c1Cl. The summed E-state index contributed by atoms with van der Waals surface area (Å²) in [5.74, 6) is -0.154. The first-order valence-corrected chi connectivity index (χ1v) is 9.63. The van der Waals surface area contributed by atoms with Crippen molar-refractivity contribution in [2.45, 2.75) is 9.79 Å². The number of benzene rings is 2. The molecule has 4 nitrogen and oxygen atoms in total. The number of nitrogens with two attached hydrogens (primary N) is 1. The number of carbonyl (C=O) groups excluding carboxylic acids is 1. The third-order valence-electron chi connectivity index (χ3n) is 4.07. The normalized spacial score (nSPS) is 14.3. The second kappa shape index (κ2) is 8.35. The molecule has 0 unspecified atom stereocenters. The smallest absolute Gasteiger partial charge is 0.254 e. The number of rotatable bonds is 4. The van der Waals surface area contributed by atoms with Crippen molar-refractivity contribution in [2.24, 2.45) is 0 Å². The molecule has 1 saturated heterocycles. The number of para-hydroxylation sites is 1. The van der Waals surface area contributed by atoms with E-state index >= 15 is 0 Å². The van der Waals surface area contributed by atoms with Crippen LogP contribution < -0.4 is 5.73 Å². The molecule has 1 aliphatic rings. The summed E-state index contributed by atoms with van der Waals surface area (Å²) < 4.78 is 5.28. The summed E-state index contributed by atoms with van der Waals surface area (Å²) in [5, 5.41) is 0.700. The van der Waals surface area contributed by atoms with Crippen LogP contribution in [-0.2, 0) is 9.53 Å². The first kappa shape index (κ1) is 19.1. The van der Waals surface area contributed by atoms with E-state index in [4.69, 9.17) is 33.7 Å². The first-order valence-electron chi connectivity index (χ1n) is 8.05. The maximum absolute atomic E-state index is 12.6. The molecule has 136 valence electrons. The zero-order valence-electron chi connectivity index (χ0n) is 14.0. The lowest BCUT2D eigenvalue weighted by Gasteiger charge is -2.27. The van der Waals surface area contributed by atoms with Gasteiger partial charge in [-0.05, 0) is 18.2 Å². The standard InChI is InChI=1S/C19H18Cl2N2O2S/c1-12(19(24)23-8-10-25-11-9-23)13-6-7-16(18(21)17(13)20)26-15-5-3-2-4-14(15)22/h2-7H,1,8-11,22H2. The number of amides is 1. The Balaban J connectivity index is 1.84. The zero-order chi connectivity index (χ0) is 18.7. The van der Waals surface area contributed by atoms with Gasteiger partial charge in [-0.25, -0.2) is 0 Å². The Kier molecular flexibility index (Phi) is 6.14. The largest absolute Gasteiger partial charge is 0.398 e. The van der Waals surface area contributed by atoms with Gasteiger partial charge in [-0.15, -0.1) is 0 Å². The highest BCUT2D eigenvalue weighted by atomic mass is 35.5. The summed E-state index contributed by atoms with van der Waals surface area (Å²) in [6, 6.07) is 11.1. The molecule has 0 aromatic heterocycles. The fourth-order valence-corrected chi connectivity index (χ4v) is 4.12. The minimum absolute atomic E-state index is 0.154. The van der Waals surface area contributed by atoms with Crippen molar-refractivity contribution >= 4 is 52.1 Å². The Hall–Kier alpha value is -1.66. The van der Waals surface area contributed by atoms with Crippen LogP contribution in [0.15, 0.2) is 52.8 Å². The van der Waals surface area contributed by atoms with E-state index in [1.807, 2.05) is 30.3 Å². The number of halogens is 2. The van der Waals surface area contributed by atoms with Crippen LogP contribution in [0, 0.1) is 0 Å². The average Bonchev–Trinajstić information content (AvgIpc) is 2.67. The quantitative estimate of drug-likeness (QED) is 0.593. The minimum Gasteiger partial charge on any atom is -0.398 e. The molecule has 0 aliphatic carbocycles. The van der Waals surface area contributed by atoms with Gasteiger partial charge in [-0.2, -0.15) is 0 Å². The molecule has 0 radical (unpaired) electrons. The fourth-order valence-electron chi connectivity index (χ4n) is 2.61. The lowest BCUT2D eigenvalue weighted by Crippen LogP contribution is -2.40. The van der Waals surface area contributed by atoms with Crippen LogP contribution >= 0.6 is 35.0 Å². The molecule has 2 aromatic carbocycles. The summed E-state index contributed by atoms with van der Waals surface area (Å²) in [5.41, 5.74) is 7.52. The van der Waals surface area contributed by atoms with Gasteiger partial charge in [0.25, 0.3) is 5.91 Å². The Labute approximate surface area is 166 Å². The summed E-state index contributed by atoms with van der Waals surface area (Å²) in [4.78, 5) is 16.0. The highest BCUT2D eigenvalue weighted by Gasteiger charge is 2.23. The van der Waals surface area contributed by atoms with E-state index in [0.717, 1.165) is 9.79 Å².